The van der Waals surface area contributed by atoms with Gasteiger partial charge < -0.3 is 15.4 Å². The van der Waals surface area contributed by atoms with Crippen LogP contribution in [0.4, 0.5) is 33.2 Å². The SMILES string of the molecule is CC(C)(C)OC(=O)Nc1ccccc1NC(=O)c1ccc(CNc2ccccc2N=Nc2ccccc2)cc1. The molecule has 2 amide bonds. The third-order valence-corrected chi connectivity index (χ3v) is 5.44. The van der Waals surface area contributed by atoms with Crippen molar-refractivity contribution in [3.05, 3.63) is 114 Å². The van der Waals surface area contributed by atoms with Gasteiger partial charge in [-0.3, -0.25) is 10.1 Å². The zero-order valence-corrected chi connectivity index (χ0v) is 22.1. The number of ether oxygens (including phenoxy) is 1. The summed E-state index contributed by atoms with van der Waals surface area (Å²) in [6, 6.07) is 31.5. The zero-order chi connectivity index (χ0) is 27.7. The number of nitrogens with zero attached hydrogens (tertiary/aromatic N) is 2. The van der Waals surface area contributed by atoms with E-state index in [-0.39, 0.29) is 5.91 Å². The van der Waals surface area contributed by atoms with E-state index in [1.807, 2.05) is 66.7 Å². The first-order valence-electron chi connectivity index (χ1n) is 12.6. The van der Waals surface area contributed by atoms with Gasteiger partial charge in [-0.2, -0.15) is 5.11 Å². The van der Waals surface area contributed by atoms with Crippen LogP contribution in [-0.4, -0.2) is 17.6 Å². The van der Waals surface area contributed by atoms with E-state index in [4.69, 9.17) is 4.74 Å². The first-order valence-corrected chi connectivity index (χ1v) is 12.6. The molecule has 0 unspecified atom stereocenters. The summed E-state index contributed by atoms with van der Waals surface area (Å²) in [5.41, 5.74) is 4.14. The Bertz CT molecular complexity index is 1450. The Morgan fingerprint density at radius 2 is 1.28 bits per heavy atom. The number of hydrogen-bond acceptors (Lipinski definition) is 6. The van der Waals surface area contributed by atoms with Gasteiger partial charge >= 0.3 is 6.09 Å². The Balaban J connectivity index is 1.37. The Labute approximate surface area is 228 Å². The molecule has 0 bridgehead atoms. The van der Waals surface area contributed by atoms with Crippen molar-refractivity contribution < 1.29 is 14.3 Å². The van der Waals surface area contributed by atoms with Crippen LogP contribution in [0.1, 0.15) is 36.7 Å². The summed E-state index contributed by atoms with van der Waals surface area (Å²) in [7, 11) is 0. The van der Waals surface area contributed by atoms with Gasteiger partial charge in [-0.05, 0) is 74.9 Å². The minimum absolute atomic E-state index is 0.292. The summed E-state index contributed by atoms with van der Waals surface area (Å²) in [6.07, 6.45) is -0.593. The third kappa shape index (κ3) is 8.26. The van der Waals surface area contributed by atoms with Crippen LogP contribution in [0.2, 0.25) is 0 Å². The third-order valence-electron chi connectivity index (χ3n) is 5.44. The van der Waals surface area contributed by atoms with Gasteiger partial charge in [0.1, 0.15) is 11.3 Å². The van der Waals surface area contributed by atoms with Crippen molar-refractivity contribution in [2.75, 3.05) is 16.0 Å². The Hall–Kier alpha value is -4.98. The molecule has 39 heavy (non-hydrogen) atoms. The maximum atomic E-state index is 12.9. The van der Waals surface area contributed by atoms with Crippen LogP contribution in [-0.2, 0) is 11.3 Å². The molecule has 3 N–H and O–H groups in total. The smallest absolute Gasteiger partial charge is 0.412 e. The molecule has 4 rings (SSSR count). The van der Waals surface area contributed by atoms with E-state index in [0.717, 1.165) is 22.6 Å². The average molecular weight is 522 g/mol. The summed E-state index contributed by atoms with van der Waals surface area (Å²) in [5.74, 6) is -0.292. The standard InChI is InChI=1S/C31H31N5O3/c1-31(2,3)39-30(38)34-27-15-9-8-14-26(27)33-29(37)23-19-17-22(18-20-23)21-32-25-13-7-10-16-28(25)36-35-24-11-5-4-6-12-24/h4-20,32H,21H2,1-3H3,(H,33,37)(H,34,38). The summed E-state index contributed by atoms with van der Waals surface area (Å²) < 4.78 is 5.32. The van der Waals surface area contributed by atoms with Gasteiger partial charge in [0.25, 0.3) is 5.91 Å². The molecule has 0 aliphatic rings. The summed E-state index contributed by atoms with van der Waals surface area (Å²) in [6.45, 7) is 5.91. The van der Waals surface area contributed by atoms with Gasteiger partial charge in [-0.1, -0.05) is 54.6 Å². The first-order chi connectivity index (χ1) is 18.8. The van der Waals surface area contributed by atoms with E-state index in [1.54, 1.807) is 57.2 Å². The van der Waals surface area contributed by atoms with Gasteiger partial charge in [0.2, 0.25) is 0 Å². The molecule has 0 fully saturated rings. The molecule has 4 aromatic carbocycles. The molecule has 0 atom stereocenters. The Kier molecular flexibility index (Phi) is 8.68. The lowest BCUT2D eigenvalue weighted by molar-refractivity contribution is 0.0635. The lowest BCUT2D eigenvalue weighted by Gasteiger charge is -2.20. The number of carbonyl (C=O) groups is 2. The molecule has 4 aromatic rings. The molecule has 0 saturated carbocycles. The molecule has 0 aromatic heterocycles. The maximum absolute atomic E-state index is 12.9. The molecule has 8 nitrogen and oxygen atoms in total. The van der Waals surface area contributed by atoms with Crippen molar-refractivity contribution in [2.24, 2.45) is 10.2 Å². The van der Waals surface area contributed by atoms with E-state index in [2.05, 4.69) is 26.2 Å². The fourth-order valence-electron chi connectivity index (χ4n) is 3.60. The molecule has 0 aliphatic heterocycles. The lowest BCUT2D eigenvalue weighted by Crippen LogP contribution is -2.27. The van der Waals surface area contributed by atoms with Crippen molar-refractivity contribution in [3.63, 3.8) is 0 Å². The number of hydrogen-bond donors (Lipinski definition) is 3. The number of para-hydroxylation sites is 3. The Morgan fingerprint density at radius 1 is 0.692 bits per heavy atom. The normalized spacial score (nSPS) is 11.2. The minimum atomic E-state index is -0.632. The van der Waals surface area contributed by atoms with Crippen molar-refractivity contribution in [1.82, 2.24) is 0 Å². The summed E-state index contributed by atoms with van der Waals surface area (Å²) in [4.78, 5) is 25.1. The maximum Gasteiger partial charge on any atom is 0.412 e. The van der Waals surface area contributed by atoms with E-state index in [9.17, 15) is 9.59 Å². The van der Waals surface area contributed by atoms with Gasteiger partial charge in [0, 0.05) is 12.1 Å². The minimum Gasteiger partial charge on any atom is -0.444 e. The first kappa shape index (κ1) is 27.1. The summed E-state index contributed by atoms with van der Waals surface area (Å²) >= 11 is 0. The molecular weight excluding hydrogens is 490 g/mol. The van der Waals surface area contributed by atoms with Crippen molar-refractivity contribution in [1.29, 1.82) is 0 Å². The second-order valence-electron chi connectivity index (χ2n) is 9.73. The molecule has 8 heteroatoms. The van der Waals surface area contributed by atoms with Gasteiger partial charge in [0.05, 0.1) is 22.7 Å². The van der Waals surface area contributed by atoms with Crippen LogP contribution in [0.5, 0.6) is 0 Å². The van der Waals surface area contributed by atoms with Crippen LogP contribution in [0.15, 0.2) is 113 Å². The number of azo groups is 1. The number of rotatable bonds is 8. The second kappa shape index (κ2) is 12.5. The molecular formula is C31H31N5O3. The highest BCUT2D eigenvalue weighted by Gasteiger charge is 2.18. The zero-order valence-electron chi connectivity index (χ0n) is 22.1. The largest absolute Gasteiger partial charge is 0.444 e. The van der Waals surface area contributed by atoms with Crippen molar-refractivity contribution in [2.45, 2.75) is 32.9 Å². The second-order valence-corrected chi connectivity index (χ2v) is 9.73. The molecule has 0 saturated heterocycles. The monoisotopic (exact) mass is 521 g/mol. The molecule has 0 heterocycles. The van der Waals surface area contributed by atoms with Crippen molar-refractivity contribution >= 4 is 40.4 Å². The predicted octanol–water partition coefficient (Wildman–Crippen LogP) is 8.31. The van der Waals surface area contributed by atoms with E-state index in [0.29, 0.717) is 23.5 Å². The fourth-order valence-corrected chi connectivity index (χ4v) is 3.60. The number of carbonyl (C=O) groups excluding carboxylic acids is 2. The molecule has 0 aliphatic carbocycles. The van der Waals surface area contributed by atoms with E-state index in [1.165, 1.54) is 0 Å². The van der Waals surface area contributed by atoms with Gasteiger partial charge in [0.15, 0.2) is 0 Å². The van der Waals surface area contributed by atoms with Gasteiger partial charge in [-0.15, -0.1) is 5.11 Å². The Morgan fingerprint density at radius 3 is 1.95 bits per heavy atom. The van der Waals surface area contributed by atoms with Crippen LogP contribution in [0.25, 0.3) is 0 Å². The van der Waals surface area contributed by atoms with Crippen LogP contribution >= 0.6 is 0 Å². The number of anilines is 3. The van der Waals surface area contributed by atoms with Crippen LogP contribution < -0.4 is 16.0 Å². The molecule has 0 spiro atoms. The topological polar surface area (TPSA) is 104 Å². The lowest BCUT2D eigenvalue weighted by atomic mass is 10.1. The molecule has 198 valence electrons. The highest BCUT2D eigenvalue weighted by atomic mass is 16.6. The average Bonchev–Trinajstić information content (AvgIpc) is 2.92. The number of nitrogens with one attached hydrogen (secondary N) is 3. The van der Waals surface area contributed by atoms with E-state index >= 15 is 0 Å². The van der Waals surface area contributed by atoms with Crippen LogP contribution in [0.3, 0.4) is 0 Å². The summed E-state index contributed by atoms with van der Waals surface area (Å²) in [5, 5.41) is 17.6. The fraction of sp³-hybridized carbons (Fsp3) is 0.161. The highest BCUT2D eigenvalue weighted by molar-refractivity contribution is 6.06. The predicted molar refractivity (Wildman–Crippen MR) is 155 cm³/mol. The number of benzene rings is 4. The van der Waals surface area contributed by atoms with E-state index < -0.39 is 11.7 Å². The number of amides is 2. The highest BCUT2D eigenvalue weighted by Crippen LogP contribution is 2.27. The van der Waals surface area contributed by atoms with Crippen molar-refractivity contribution in [3.8, 4) is 0 Å². The van der Waals surface area contributed by atoms with Crippen LogP contribution in [0, 0.1) is 0 Å². The quantitative estimate of drug-likeness (QED) is 0.203. The van der Waals surface area contributed by atoms with Gasteiger partial charge in [-0.25, -0.2) is 4.79 Å². The molecule has 0 radical (unpaired) electrons.